The maximum atomic E-state index is 11.2. The van der Waals surface area contributed by atoms with Crippen molar-refractivity contribution in [2.45, 2.75) is 18.7 Å². The van der Waals surface area contributed by atoms with Gasteiger partial charge in [-0.15, -0.1) is 11.8 Å². The van der Waals surface area contributed by atoms with Gasteiger partial charge in [0.2, 0.25) is 5.91 Å². The molecule has 0 bridgehead atoms. The molecular formula is C9H12N2O3S. The number of thioether (sulfide) groups is 1. The summed E-state index contributed by atoms with van der Waals surface area (Å²) < 4.78 is 0. The highest BCUT2D eigenvalue weighted by Crippen LogP contribution is 2.45. The fraction of sp³-hybridized carbons (Fsp3) is 0.556. The second-order valence-electron chi connectivity index (χ2n) is 3.40. The summed E-state index contributed by atoms with van der Waals surface area (Å²) >= 11 is 1.48. The lowest BCUT2D eigenvalue weighted by atomic mass is 10.1. The molecule has 0 radical (unpaired) electrons. The van der Waals surface area contributed by atoms with Crippen LogP contribution < -0.4 is 5.32 Å². The Morgan fingerprint density at radius 3 is 3.00 bits per heavy atom. The van der Waals surface area contributed by atoms with Gasteiger partial charge in [0.25, 0.3) is 0 Å². The number of carbonyl (C=O) groups excluding carboxylic acids is 1. The largest absolute Gasteiger partial charge is 0.477 e. The van der Waals surface area contributed by atoms with Gasteiger partial charge in [0.1, 0.15) is 5.70 Å². The Bertz CT molecular complexity index is 353. The van der Waals surface area contributed by atoms with Gasteiger partial charge >= 0.3 is 5.97 Å². The summed E-state index contributed by atoms with van der Waals surface area (Å²) in [4.78, 5) is 24.4. The van der Waals surface area contributed by atoms with Crippen LogP contribution in [0, 0.1) is 0 Å². The first-order valence-corrected chi connectivity index (χ1v) is 5.69. The van der Waals surface area contributed by atoms with Gasteiger partial charge in [-0.1, -0.05) is 6.92 Å². The molecule has 1 atom stereocenters. The number of aliphatic carboxylic acids is 1. The van der Waals surface area contributed by atoms with E-state index in [1.165, 1.54) is 16.7 Å². The Kier molecular flexibility index (Phi) is 2.70. The van der Waals surface area contributed by atoms with Crippen LogP contribution in [0.2, 0.25) is 0 Å². The summed E-state index contributed by atoms with van der Waals surface area (Å²) in [6, 6.07) is 0. The third kappa shape index (κ3) is 1.63. The molecule has 0 aromatic rings. The quantitative estimate of drug-likeness (QED) is 0.673. The number of amides is 1. The number of carboxylic acid groups (broad SMARTS) is 1. The van der Waals surface area contributed by atoms with E-state index in [1.807, 2.05) is 6.92 Å². The van der Waals surface area contributed by atoms with E-state index < -0.39 is 5.97 Å². The lowest BCUT2D eigenvalue weighted by molar-refractivity contribution is -0.145. The molecule has 0 unspecified atom stereocenters. The zero-order valence-corrected chi connectivity index (χ0v) is 9.13. The van der Waals surface area contributed by atoms with Crippen molar-refractivity contribution in [1.29, 1.82) is 0 Å². The normalized spacial score (nSPS) is 24.2. The summed E-state index contributed by atoms with van der Waals surface area (Å²) in [5.74, 6) is -1.10. The molecule has 2 aliphatic heterocycles. The zero-order valence-electron chi connectivity index (χ0n) is 8.32. The molecular weight excluding hydrogens is 216 g/mol. The average Bonchev–Trinajstić information content (AvgIpc) is 2.47. The van der Waals surface area contributed by atoms with Crippen LogP contribution in [0.1, 0.15) is 13.3 Å². The molecule has 15 heavy (non-hydrogen) atoms. The monoisotopic (exact) mass is 228 g/mol. The minimum absolute atomic E-state index is 0.0252. The first-order chi connectivity index (χ1) is 7.15. The highest BCUT2D eigenvalue weighted by Gasteiger charge is 2.47. The Labute approximate surface area is 91.5 Å². The van der Waals surface area contributed by atoms with Gasteiger partial charge in [-0.3, -0.25) is 9.69 Å². The van der Waals surface area contributed by atoms with Gasteiger partial charge in [0.05, 0.1) is 11.8 Å². The van der Waals surface area contributed by atoms with Crippen LogP contribution in [0.5, 0.6) is 0 Å². The zero-order chi connectivity index (χ0) is 11.0. The van der Waals surface area contributed by atoms with E-state index in [4.69, 9.17) is 5.11 Å². The van der Waals surface area contributed by atoms with Crippen molar-refractivity contribution in [3.05, 3.63) is 10.6 Å². The summed E-state index contributed by atoms with van der Waals surface area (Å²) in [7, 11) is 0. The first kappa shape index (κ1) is 10.5. The fourth-order valence-corrected chi connectivity index (χ4v) is 3.06. The summed E-state index contributed by atoms with van der Waals surface area (Å²) in [6.07, 6.45) is 0.455. The molecule has 5 nitrogen and oxygen atoms in total. The number of rotatable bonds is 4. The number of β-lactam (4-membered cyclic amide) rings is 1. The van der Waals surface area contributed by atoms with E-state index in [2.05, 4.69) is 5.32 Å². The number of hydrogen-bond donors (Lipinski definition) is 2. The van der Waals surface area contributed by atoms with E-state index in [-0.39, 0.29) is 17.0 Å². The topological polar surface area (TPSA) is 69.6 Å². The molecule has 1 saturated heterocycles. The van der Waals surface area contributed by atoms with Crippen molar-refractivity contribution < 1.29 is 14.7 Å². The van der Waals surface area contributed by atoms with E-state index in [1.54, 1.807) is 0 Å². The maximum Gasteiger partial charge on any atom is 0.353 e. The number of carbonyl (C=O) groups is 2. The molecule has 82 valence electrons. The average molecular weight is 228 g/mol. The van der Waals surface area contributed by atoms with Gasteiger partial charge in [0, 0.05) is 11.4 Å². The fourth-order valence-electron chi connectivity index (χ4n) is 1.69. The molecule has 2 heterocycles. The summed E-state index contributed by atoms with van der Waals surface area (Å²) in [5, 5.41) is 12.1. The van der Waals surface area contributed by atoms with Crippen molar-refractivity contribution in [2.24, 2.45) is 0 Å². The predicted molar refractivity (Wildman–Crippen MR) is 56.0 cm³/mol. The van der Waals surface area contributed by atoms with Crippen LogP contribution in [0.25, 0.3) is 0 Å². The third-order valence-corrected chi connectivity index (χ3v) is 3.70. The third-order valence-electron chi connectivity index (χ3n) is 2.43. The second-order valence-corrected chi connectivity index (χ2v) is 4.67. The minimum atomic E-state index is -1.01. The van der Waals surface area contributed by atoms with Crippen LogP contribution in [-0.2, 0) is 9.59 Å². The lowest BCUT2D eigenvalue weighted by Crippen LogP contribution is -2.48. The van der Waals surface area contributed by atoms with Crippen molar-refractivity contribution in [3.63, 3.8) is 0 Å². The van der Waals surface area contributed by atoms with Crippen LogP contribution in [-0.4, -0.2) is 40.3 Å². The van der Waals surface area contributed by atoms with Gasteiger partial charge in [0.15, 0.2) is 0 Å². The van der Waals surface area contributed by atoms with Crippen LogP contribution in [0.15, 0.2) is 10.6 Å². The summed E-state index contributed by atoms with van der Waals surface area (Å²) in [5.41, 5.74) is 0.169. The molecule has 0 saturated carbocycles. The predicted octanol–water partition coefficient (Wildman–Crippen LogP) is 0.197. The van der Waals surface area contributed by atoms with Crippen molar-refractivity contribution in [1.82, 2.24) is 10.2 Å². The molecule has 0 aromatic carbocycles. The number of carboxylic acids is 1. The minimum Gasteiger partial charge on any atom is -0.477 e. The Morgan fingerprint density at radius 2 is 2.47 bits per heavy atom. The Hall–Kier alpha value is -1.01. The number of fused-ring (bicyclic) bond motifs is 1. The smallest absolute Gasteiger partial charge is 0.353 e. The van der Waals surface area contributed by atoms with Crippen LogP contribution >= 0.6 is 11.8 Å². The van der Waals surface area contributed by atoms with E-state index >= 15 is 0 Å². The summed E-state index contributed by atoms with van der Waals surface area (Å²) in [6.45, 7) is 3.28. The highest BCUT2D eigenvalue weighted by molar-refractivity contribution is 8.04. The number of nitrogens with zero attached hydrogens (tertiary/aromatic N) is 1. The maximum absolute atomic E-state index is 11.2. The molecule has 2 aliphatic rings. The molecule has 2 rings (SSSR count). The molecule has 6 heteroatoms. The van der Waals surface area contributed by atoms with Gasteiger partial charge in [-0.25, -0.2) is 4.79 Å². The number of hydrogen-bond acceptors (Lipinski definition) is 4. The molecule has 0 aromatic heterocycles. The van der Waals surface area contributed by atoms with Gasteiger partial charge < -0.3 is 10.4 Å². The van der Waals surface area contributed by atoms with Gasteiger partial charge in [-0.05, 0) is 6.54 Å². The van der Waals surface area contributed by atoms with Crippen molar-refractivity contribution in [2.75, 3.05) is 13.1 Å². The standard InChI is InChI=1S/C9H12N2O3S/c1-2-10-4-5-8(9(13)14)11-6(12)3-7(11)15-5/h7,10H,2-4H2,1H3,(H,13,14)/t7-/m0/s1. The highest BCUT2D eigenvalue weighted by atomic mass is 32.2. The van der Waals surface area contributed by atoms with Crippen molar-refractivity contribution >= 4 is 23.6 Å². The Morgan fingerprint density at radius 1 is 1.73 bits per heavy atom. The second kappa shape index (κ2) is 3.86. The Balaban J connectivity index is 2.19. The molecule has 1 amide bonds. The van der Waals surface area contributed by atoms with Crippen LogP contribution in [0.3, 0.4) is 0 Å². The molecule has 0 aliphatic carbocycles. The molecule has 2 N–H and O–H groups in total. The SMILES string of the molecule is CCNCC1=C(C(=O)O)N2C(=O)C[C@@H]2S1. The van der Waals surface area contributed by atoms with Crippen LogP contribution in [0.4, 0.5) is 0 Å². The molecule has 0 spiro atoms. The lowest BCUT2D eigenvalue weighted by Gasteiger charge is -2.33. The van der Waals surface area contributed by atoms with Gasteiger partial charge in [-0.2, -0.15) is 0 Å². The molecule has 1 fully saturated rings. The first-order valence-electron chi connectivity index (χ1n) is 4.81. The number of likely N-dealkylation sites (N-methyl/N-ethyl adjacent to an activating group) is 1. The van der Waals surface area contributed by atoms with E-state index in [0.29, 0.717) is 13.0 Å². The van der Waals surface area contributed by atoms with E-state index in [9.17, 15) is 9.59 Å². The van der Waals surface area contributed by atoms with E-state index in [0.717, 1.165) is 11.4 Å². The number of nitrogens with one attached hydrogen (secondary N) is 1. The van der Waals surface area contributed by atoms with Crippen molar-refractivity contribution in [3.8, 4) is 0 Å².